The number of rotatable bonds is 28. The van der Waals surface area contributed by atoms with Crippen LogP contribution in [0.3, 0.4) is 0 Å². The topological polar surface area (TPSA) is 291 Å². The first-order valence-corrected chi connectivity index (χ1v) is 49.5. The van der Waals surface area contributed by atoms with Crippen LogP contribution in [-0.4, -0.2) is 131 Å². The van der Waals surface area contributed by atoms with Gasteiger partial charge in [0.05, 0.1) is 57.9 Å². The first kappa shape index (κ1) is 115. The first-order chi connectivity index (χ1) is 62.2. The molecule has 5 aromatic carbocycles. The van der Waals surface area contributed by atoms with E-state index in [9.17, 15) is 33.6 Å². The van der Waals surface area contributed by atoms with Crippen molar-refractivity contribution in [2.24, 2.45) is 57.2 Å². The maximum absolute atomic E-state index is 12.1. The lowest BCUT2D eigenvalue weighted by Gasteiger charge is -2.29. The van der Waals surface area contributed by atoms with Gasteiger partial charge in [0.15, 0.2) is 12.6 Å². The lowest BCUT2D eigenvalue weighted by atomic mass is 9.87. The number of cyclic esters (lactones) is 1. The summed E-state index contributed by atoms with van der Waals surface area (Å²) in [5.41, 5.74) is 4.41. The van der Waals surface area contributed by atoms with Crippen LogP contribution in [0.1, 0.15) is 374 Å². The molecule has 0 aromatic heterocycles. The summed E-state index contributed by atoms with van der Waals surface area (Å²) in [6, 6.07) is 38.9. The number of aromatic hydroxyl groups is 3. The average Bonchev–Trinajstić information content (AvgIpc) is 1.58. The van der Waals surface area contributed by atoms with Crippen molar-refractivity contribution in [2.75, 3.05) is 13.2 Å². The summed E-state index contributed by atoms with van der Waals surface area (Å²) in [4.78, 5) is 81.7. The molecule has 19 atom stereocenters. The Morgan fingerprint density at radius 2 is 0.647 bits per heavy atom. The van der Waals surface area contributed by atoms with Crippen molar-refractivity contribution in [1.29, 1.82) is 0 Å². The van der Waals surface area contributed by atoms with Crippen LogP contribution in [0.5, 0.6) is 28.7 Å². The van der Waals surface area contributed by atoms with Crippen LogP contribution in [0.15, 0.2) is 121 Å². The molecule has 4 aliphatic carbocycles. The minimum Gasteiger partial charge on any atom is -0.508 e. The summed E-state index contributed by atoms with van der Waals surface area (Å²) in [7, 11) is 0. The van der Waals surface area contributed by atoms with Gasteiger partial charge in [-0.3, -0.25) is 28.8 Å². The van der Waals surface area contributed by atoms with Crippen molar-refractivity contribution in [3.05, 3.63) is 149 Å². The van der Waals surface area contributed by atoms with Crippen LogP contribution in [0, 0.1) is 57.2 Å². The highest BCUT2D eigenvalue weighted by Crippen LogP contribution is 2.57. The van der Waals surface area contributed by atoms with Crippen LogP contribution < -0.4 is 9.47 Å². The molecule has 22 heteroatoms. The van der Waals surface area contributed by atoms with Crippen molar-refractivity contribution < 1.29 is 106 Å². The van der Waals surface area contributed by atoms with Gasteiger partial charge < -0.3 is 72.2 Å². The Balaban J connectivity index is 0.000000266. The minimum absolute atomic E-state index is 0.0779. The van der Waals surface area contributed by atoms with E-state index in [-0.39, 0.29) is 108 Å². The molecule has 0 radical (unpaired) electrons. The zero-order valence-corrected chi connectivity index (χ0v) is 86.6. The standard InChI is InChI=1S/2C16H26O2.2C14H20O4.C11H20O3.C10H16O4.3C10H14O/c2*1-7-12(2)14-8-10-15(11-9-14)17-13(3)18-16(4,5)6;2*1-4-14(2,3)13(16)18-10-7-5-8-9(6-7)12(15)17-11(8)10;1-4-11(2,3)10(12)14-9-7-5-6-8-13-9;1-4-10(2,3)9(12)14-7-5-6-13-8(7)11;3*1-3-8(2)9-4-6-10(11)7-5-9/h2*8-13H,7H2,1-6H3;2*7-11H,4-6H2,1-3H3;9H,4-8H2,1-3H3;7H,4-6H2,1-3H3;3*4-8,11H,3H2,1-2H3. The number of carbonyl (C=O) groups is 7. The Morgan fingerprint density at radius 1 is 0.361 bits per heavy atom. The molecule has 4 bridgehead atoms. The second kappa shape index (κ2) is 53.1. The second-order valence-corrected chi connectivity index (χ2v) is 41.8. The van der Waals surface area contributed by atoms with Gasteiger partial charge in [-0.05, 0) is 325 Å². The number of fused-ring (bicyclic) bond motifs is 2. The number of ether oxygens (including phenoxy) is 12. The molecule has 5 aromatic rings. The highest BCUT2D eigenvalue weighted by molar-refractivity contribution is 5.83. The SMILES string of the molecule is CCC(C)(C)C(=O)OC1C2CC3C(=O)OC1C3C2.CCC(C)(C)C(=O)OC1C2CC3C(=O)OC1C3C2.CCC(C)(C)C(=O)OC1CCCCO1.CCC(C)(C)C(=O)OC1CCOC1=O.CCC(C)c1ccc(O)cc1.CCC(C)c1ccc(O)cc1.CCC(C)c1ccc(O)cc1.CCC(C)c1ccc(OC(C)OC(C)(C)C)cc1.CCC(C)c1ccc(OC(C)OC(C)(C)C)cc1. The van der Waals surface area contributed by atoms with Gasteiger partial charge in [-0.15, -0.1) is 0 Å². The number of esters is 7. The van der Waals surface area contributed by atoms with Gasteiger partial charge in [-0.25, -0.2) is 4.79 Å². The Morgan fingerprint density at radius 3 is 0.902 bits per heavy atom. The van der Waals surface area contributed by atoms with Gasteiger partial charge >= 0.3 is 41.8 Å². The van der Waals surface area contributed by atoms with Crippen LogP contribution >= 0.6 is 0 Å². The van der Waals surface area contributed by atoms with Gasteiger partial charge in [-0.2, -0.15) is 0 Å². The number of phenolic OH excluding ortho intramolecular Hbond substituents is 3. The lowest BCUT2D eigenvalue weighted by molar-refractivity contribution is -0.196. The van der Waals surface area contributed by atoms with Crippen molar-refractivity contribution >= 4 is 41.8 Å². The van der Waals surface area contributed by atoms with Gasteiger partial charge in [0.25, 0.3) is 0 Å². The van der Waals surface area contributed by atoms with Crippen LogP contribution in [0.4, 0.5) is 0 Å². The average molecular weight is 1860 g/mol. The molecule has 22 nitrogen and oxygen atoms in total. The number of hydrogen-bond acceptors (Lipinski definition) is 22. The molecule has 3 N–H and O–H groups in total. The van der Waals surface area contributed by atoms with E-state index in [1.54, 1.807) is 50.2 Å². The number of hydrogen-bond donors (Lipinski definition) is 3. The van der Waals surface area contributed by atoms with Crippen LogP contribution in [0.25, 0.3) is 0 Å². The molecular formula is C111H170O22. The number of carbonyl (C=O) groups excluding carboxylic acids is 7. The zero-order chi connectivity index (χ0) is 99.8. The normalized spacial score (nSPS) is 23.2. The smallest absolute Gasteiger partial charge is 0.347 e. The molecule has 0 amide bonds. The molecule has 0 spiro atoms. The van der Waals surface area contributed by atoms with Crippen molar-refractivity contribution in [1.82, 2.24) is 0 Å². The molecule has 746 valence electrons. The quantitative estimate of drug-likeness (QED) is 0.0238. The fourth-order valence-electron chi connectivity index (χ4n) is 16.0. The first-order valence-electron chi connectivity index (χ1n) is 49.5. The number of phenols is 3. The summed E-state index contributed by atoms with van der Waals surface area (Å²) in [6.07, 6.45) is 13.6. The van der Waals surface area contributed by atoms with Gasteiger partial charge in [0, 0.05) is 36.5 Å². The predicted molar refractivity (Wildman–Crippen MR) is 523 cm³/mol. The molecule has 133 heavy (non-hydrogen) atoms. The molecule has 19 unspecified atom stereocenters. The van der Waals surface area contributed by atoms with Crippen LogP contribution in [0.2, 0.25) is 0 Å². The molecular weight excluding hydrogens is 1690 g/mol. The lowest BCUT2D eigenvalue weighted by Crippen LogP contribution is -2.39. The molecule has 4 aliphatic heterocycles. The van der Waals surface area contributed by atoms with Crippen molar-refractivity contribution in [3.8, 4) is 28.7 Å². The third-order valence-electron chi connectivity index (χ3n) is 27.6. The Bertz CT molecular complexity index is 4030. The van der Waals surface area contributed by atoms with E-state index in [0.29, 0.717) is 96.6 Å². The third-order valence-corrected chi connectivity index (χ3v) is 27.6. The highest BCUT2D eigenvalue weighted by Gasteiger charge is 2.65. The maximum Gasteiger partial charge on any atom is 0.347 e. The summed E-state index contributed by atoms with van der Waals surface area (Å²) < 4.78 is 65.4. The third kappa shape index (κ3) is 36.4. The molecule has 4 heterocycles. The molecule has 4 saturated heterocycles. The van der Waals surface area contributed by atoms with E-state index in [4.69, 9.17) is 72.2 Å². The van der Waals surface area contributed by atoms with E-state index >= 15 is 0 Å². The fraction of sp³-hybridized carbons (Fsp3) is 0.667. The zero-order valence-electron chi connectivity index (χ0n) is 86.6. The molecule has 13 rings (SSSR count). The predicted octanol–water partition coefficient (Wildman–Crippen LogP) is 25.8. The fourth-order valence-corrected chi connectivity index (χ4v) is 16.0. The summed E-state index contributed by atoms with van der Waals surface area (Å²) in [6.45, 7) is 61.8. The Labute approximate surface area is 798 Å². The van der Waals surface area contributed by atoms with Crippen LogP contribution in [-0.2, 0) is 80.9 Å². The molecule has 8 fully saturated rings. The Hall–Kier alpha value is -8.73. The summed E-state index contributed by atoms with van der Waals surface area (Å²) >= 11 is 0. The molecule has 8 aliphatic rings. The van der Waals surface area contributed by atoms with Crippen molar-refractivity contribution in [3.63, 3.8) is 0 Å². The van der Waals surface area contributed by atoms with E-state index < -0.39 is 28.3 Å². The van der Waals surface area contributed by atoms with E-state index in [1.165, 1.54) is 27.8 Å². The number of benzene rings is 5. The van der Waals surface area contributed by atoms with Gasteiger partial charge in [0.1, 0.15) is 53.2 Å². The highest BCUT2D eigenvalue weighted by atomic mass is 16.7. The summed E-state index contributed by atoms with van der Waals surface area (Å²) in [5, 5.41) is 27.0. The van der Waals surface area contributed by atoms with Gasteiger partial charge in [-0.1, -0.05) is 158 Å². The van der Waals surface area contributed by atoms with Gasteiger partial charge in [0.2, 0.25) is 12.4 Å². The largest absolute Gasteiger partial charge is 0.508 e. The minimum atomic E-state index is -0.687. The van der Waals surface area contributed by atoms with Crippen molar-refractivity contribution in [2.45, 2.75) is 407 Å². The van der Waals surface area contributed by atoms with E-state index in [2.05, 4.69) is 93.5 Å². The maximum atomic E-state index is 12.1. The van der Waals surface area contributed by atoms with E-state index in [0.717, 1.165) is 108 Å². The Kier molecular flexibility index (Phi) is 45.8. The van der Waals surface area contributed by atoms with E-state index in [1.807, 2.05) is 185 Å². The second-order valence-electron chi connectivity index (χ2n) is 41.8. The molecule has 4 saturated carbocycles. The monoisotopic (exact) mass is 1860 g/mol. The summed E-state index contributed by atoms with van der Waals surface area (Å²) in [5.74, 6) is 5.74.